The molecule has 1 heterocycles. The molecular formula is C18H19N3O2. The van der Waals surface area contributed by atoms with Gasteiger partial charge in [-0.15, -0.1) is 0 Å². The van der Waals surface area contributed by atoms with Crippen molar-refractivity contribution < 1.29 is 0 Å². The Morgan fingerprint density at radius 3 is 2.39 bits per heavy atom. The monoisotopic (exact) mass is 309 g/mol. The van der Waals surface area contributed by atoms with E-state index in [1.807, 2.05) is 12.1 Å². The van der Waals surface area contributed by atoms with Crippen LogP contribution in [0, 0.1) is 17.8 Å². The minimum absolute atomic E-state index is 0.402. The number of rotatable bonds is 6. The zero-order valence-electron chi connectivity index (χ0n) is 12.8. The summed E-state index contributed by atoms with van der Waals surface area (Å²) in [4.78, 5) is 27.6. The molecule has 23 heavy (non-hydrogen) atoms. The van der Waals surface area contributed by atoms with E-state index in [-0.39, 0.29) is 0 Å². The summed E-state index contributed by atoms with van der Waals surface area (Å²) in [5.41, 5.74) is 1.08. The Hall–Kier alpha value is -2.43. The van der Waals surface area contributed by atoms with Crippen molar-refractivity contribution in [3.8, 4) is 0 Å². The van der Waals surface area contributed by atoms with Gasteiger partial charge in [0.2, 0.25) is 0 Å². The second-order valence-corrected chi connectivity index (χ2v) is 6.54. The summed E-state index contributed by atoms with van der Waals surface area (Å²) in [6, 6.07) is 3.76. The Labute approximate surface area is 134 Å². The molecule has 5 nitrogen and oxygen atoms in total. The quantitative estimate of drug-likeness (QED) is 0.630. The van der Waals surface area contributed by atoms with Crippen LogP contribution in [0.4, 0.5) is 11.4 Å². The van der Waals surface area contributed by atoms with Crippen molar-refractivity contribution in [3.63, 3.8) is 0 Å². The van der Waals surface area contributed by atoms with E-state index >= 15 is 0 Å². The minimum Gasteiger partial charge on any atom is -0.380 e. The Morgan fingerprint density at radius 2 is 1.74 bits per heavy atom. The number of allylic oxidation sites excluding steroid dienone is 2. The fraction of sp³-hybridized carbons (Fsp3) is 0.389. The SMILES string of the molecule is O=c1c(NCc2ccncc2)c(NCC2CC3C=CC2C3)c1=O. The van der Waals surface area contributed by atoms with E-state index in [4.69, 9.17) is 0 Å². The number of aromatic nitrogens is 1. The third-order valence-corrected chi connectivity index (χ3v) is 5.09. The molecule has 118 valence electrons. The van der Waals surface area contributed by atoms with Crippen LogP contribution >= 0.6 is 0 Å². The summed E-state index contributed by atoms with van der Waals surface area (Å²) in [5.74, 6) is 1.92. The topological polar surface area (TPSA) is 71.1 Å². The maximum Gasteiger partial charge on any atom is 0.253 e. The minimum atomic E-state index is -0.422. The first-order valence-corrected chi connectivity index (χ1v) is 8.10. The Kier molecular flexibility index (Phi) is 3.48. The molecule has 2 aliphatic rings. The average Bonchev–Trinajstić information content (AvgIpc) is 3.20. The van der Waals surface area contributed by atoms with E-state index in [2.05, 4.69) is 27.8 Å². The first kappa shape index (κ1) is 14.2. The fourth-order valence-electron chi connectivity index (χ4n) is 3.78. The summed E-state index contributed by atoms with van der Waals surface area (Å²) >= 11 is 0. The Morgan fingerprint density at radius 1 is 1.00 bits per heavy atom. The number of nitrogens with one attached hydrogen (secondary N) is 2. The first-order chi connectivity index (χ1) is 11.2. The van der Waals surface area contributed by atoms with Crippen LogP contribution in [0.1, 0.15) is 18.4 Å². The predicted molar refractivity (Wildman–Crippen MR) is 90.3 cm³/mol. The largest absolute Gasteiger partial charge is 0.380 e. The lowest BCUT2D eigenvalue weighted by Crippen LogP contribution is -2.38. The molecule has 2 bridgehead atoms. The van der Waals surface area contributed by atoms with Gasteiger partial charge >= 0.3 is 0 Å². The number of hydrogen-bond donors (Lipinski definition) is 2. The van der Waals surface area contributed by atoms with Crippen LogP contribution in [0.2, 0.25) is 0 Å². The van der Waals surface area contributed by atoms with Crippen molar-refractivity contribution in [2.24, 2.45) is 17.8 Å². The van der Waals surface area contributed by atoms with Gasteiger partial charge in [0.15, 0.2) is 0 Å². The third-order valence-electron chi connectivity index (χ3n) is 5.09. The number of fused-ring (bicyclic) bond motifs is 2. The second-order valence-electron chi connectivity index (χ2n) is 6.54. The summed E-state index contributed by atoms with van der Waals surface area (Å²) < 4.78 is 0. The van der Waals surface area contributed by atoms with Gasteiger partial charge in [0, 0.05) is 25.5 Å². The van der Waals surface area contributed by atoms with Gasteiger partial charge in [-0.25, -0.2) is 0 Å². The highest BCUT2D eigenvalue weighted by molar-refractivity contribution is 5.74. The van der Waals surface area contributed by atoms with Crippen molar-refractivity contribution in [2.75, 3.05) is 17.2 Å². The van der Waals surface area contributed by atoms with Gasteiger partial charge in [0.05, 0.1) is 0 Å². The van der Waals surface area contributed by atoms with E-state index in [1.54, 1.807) is 12.4 Å². The molecule has 2 aliphatic carbocycles. The number of nitrogens with zero attached hydrogens (tertiary/aromatic N) is 1. The standard InChI is InChI=1S/C18H19N3O2/c22-17-15(20-9-11-3-5-19-6-4-11)16(18(17)23)21-10-14-8-12-1-2-13(14)7-12/h1-6,12-14,20-21H,7-10H2. The van der Waals surface area contributed by atoms with Crippen LogP contribution < -0.4 is 21.5 Å². The van der Waals surface area contributed by atoms with Crippen molar-refractivity contribution >= 4 is 11.4 Å². The van der Waals surface area contributed by atoms with Crippen LogP contribution in [0.15, 0.2) is 46.3 Å². The maximum atomic E-state index is 11.8. The molecule has 0 spiro atoms. The first-order valence-electron chi connectivity index (χ1n) is 8.10. The van der Waals surface area contributed by atoms with E-state index in [0.717, 1.165) is 12.1 Å². The van der Waals surface area contributed by atoms with Crippen LogP contribution in [0.5, 0.6) is 0 Å². The van der Waals surface area contributed by atoms with Crippen LogP contribution in [-0.2, 0) is 6.54 Å². The molecule has 0 amide bonds. The van der Waals surface area contributed by atoms with Gasteiger partial charge in [-0.05, 0) is 48.3 Å². The zero-order valence-corrected chi connectivity index (χ0v) is 12.8. The smallest absolute Gasteiger partial charge is 0.253 e. The molecule has 0 radical (unpaired) electrons. The molecule has 0 saturated heterocycles. The summed E-state index contributed by atoms with van der Waals surface area (Å²) in [7, 11) is 0. The third kappa shape index (κ3) is 2.56. The fourth-order valence-corrected chi connectivity index (χ4v) is 3.78. The van der Waals surface area contributed by atoms with Gasteiger partial charge in [0.1, 0.15) is 11.4 Å². The molecular weight excluding hydrogens is 290 g/mol. The van der Waals surface area contributed by atoms with Gasteiger partial charge in [-0.2, -0.15) is 0 Å². The van der Waals surface area contributed by atoms with E-state index in [9.17, 15) is 9.59 Å². The van der Waals surface area contributed by atoms with Gasteiger partial charge < -0.3 is 10.6 Å². The molecule has 0 aliphatic heterocycles. The van der Waals surface area contributed by atoms with E-state index in [1.165, 1.54) is 12.8 Å². The summed E-state index contributed by atoms with van der Waals surface area (Å²) in [6.45, 7) is 1.28. The number of hydrogen-bond acceptors (Lipinski definition) is 5. The Balaban J connectivity index is 1.39. The van der Waals surface area contributed by atoms with Crippen LogP contribution in [0.3, 0.4) is 0 Å². The van der Waals surface area contributed by atoms with Crippen LogP contribution in [0.25, 0.3) is 0 Å². The summed E-state index contributed by atoms with van der Waals surface area (Å²) in [5, 5.41) is 6.29. The van der Waals surface area contributed by atoms with Crippen molar-refractivity contribution in [1.29, 1.82) is 0 Å². The molecule has 2 N–H and O–H groups in total. The normalized spacial score (nSPS) is 25.1. The predicted octanol–water partition coefficient (Wildman–Crippen LogP) is 1.91. The number of anilines is 2. The molecule has 2 aromatic rings. The molecule has 1 fully saturated rings. The van der Waals surface area contributed by atoms with Crippen molar-refractivity contribution in [2.45, 2.75) is 19.4 Å². The molecule has 3 atom stereocenters. The summed E-state index contributed by atoms with van der Waals surface area (Å²) in [6.07, 6.45) is 10.4. The second kappa shape index (κ2) is 5.65. The highest BCUT2D eigenvalue weighted by Crippen LogP contribution is 2.43. The molecule has 1 aromatic heterocycles. The molecule has 4 rings (SSSR count). The van der Waals surface area contributed by atoms with Crippen molar-refractivity contribution in [1.82, 2.24) is 4.98 Å². The highest BCUT2D eigenvalue weighted by atomic mass is 16.2. The zero-order chi connectivity index (χ0) is 15.8. The Bertz CT molecular complexity index is 805. The maximum absolute atomic E-state index is 11.8. The number of pyridine rings is 1. The molecule has 5 heteroatoms. The van der Waals surface area contributed by atoms with Gasteiger partial charge in [-0.3, -0.25) is 14.6 Å². The lowest BCUT2D eigenvalue weighted by Gasteiger charge is -2.21. The molecule has 1 saturated carbocycles. The molecule has 1 aromatic carbocycles. The van der Waals surface area contributed by atoms with Gasteiger partial charge in [-0.1, -0.05) is 12.2 Å². The van der Waals surface area contributed by atoms with Crippen LogP contribution in [-0.4, -0.2) is 11.5 Å². The van der Waals surface area contributed by atoms with E-state index < -0.39 is 10.9 Å². The highest BCUT2D eigenvalue weighted by Gasteiger charge is 2.35. The lowest BCUT2D eigenvalue weighted by atomic mass is 9.93. The van der Waals surface area contributed by atoms with Crippen molar-refractivity contribution in [3.05, 3.63) is 62.7 Å². The van der Waals surface area contributed by atoms with Gasteiger partial charge in [0.25, 0.3) is 10.9 Å². The average molecular weight is 309 g/mol. The molecule has 3 unspecified atom stereocenters. The van der Waals surface area contributed by atoms with E-state index in [0.29, 0.717) is 35.7 Å². The lowest BCUT2D eigenvalue weighted by molar-refractivity contribution is 0.472.